The second-order valence-corrected chi connectivity index (χ2v) is 5.29. The van der Waals surface area contributed by atoms with Crippen molar-refractivity contribution in [1.29, 1.82) is 0 Å². The van der Waals surface area contributed by atoms with Gasteiger partial charge in [-0.2, -0.15) is 0 Å². The van der Waals surface area contributed by atoms with Gasteiger partial charge in [-0.3, -0.25) is 0 Å². The number of unbranched alkanes of at least 4 members (excludes halogenated alkanes) is 2. The summed E-state index contributed by atoms with van der Waals surface area (Å²) in [6.45, 7) is 4.36. The summed E-state index contributed by atoms with van der Waals surface area (Å²) in [6.07, 6.45) is 10.6. The first-order valence-electron chi connectivity index (χ1n) is 7.40. The van der Waals surface area contributed by atoms with Gasteiger partial charge in [0.05, 0.1) is 6.10 Å². The van der Waals surface area contributed by atoms with Gasteiger partial charge in [-0.15, -0.1) is 6.42 Å². The Balaban J connectivity index is 2.06. The van der Waals surface area contributed by atoms with E-state index in [0.29, 0.717) is 0 Å². The normalized spacial score (nSPS) is 12.1. The molecule has 0 aliphatic heterocycles. The van der Waals surface area contributed by atoms with E-state index >= 15 is 0 Å². The maximum absolute atomic E-state index is 5.99. The fraction of sp³-hybridized carbons (Fsp3) is 0.368. The molecular formula is C19H22O. The number of hydrogen-bond acceptors (Lipinski definition) is 1. The zero-order valence-electron chi connectivity index (χ0n) is 12.4. The molecule has 104 valence electrons. The predicted octanol–water partition coefficient (Wildman–Crippen LogP) is 5.17. The van der Waals surface area contributed by atoms with Gasteiger partial charge in [0.25, 0.3) is 0 Å². The van der Waals surface area contributed by atoms with Crippen molar-refractivity contribution in [1.82, 2.24) is 0 Å². The van der Waals surface area contributed by atoms with Gasteiger partial charge >= 0.3 is 0 Å². The zero-order valence-corrected chi connectivity index (χ0v) is 12.4. The molecule has 1 heteroatoms. The SMILES string of the molecule is C#Cc1ccc2cc(O[C@H](C)CCCCC)ccc2c1. The molecule has 0 bridgehead atoms. The second-order valence-electron chi connectivity index (χ2n) is 5.29. The Morgan fingerprint density at radius 1 is 1.10 bits per heavy atom. The standard InChI is InChI=1S/C19H22O/c1-4-6-7-8-15(3)20-19-12-11-17-13-16(5-2)9-10-18(17)14-19/h2,9-15H,4,6-8H2,1,3H3/t15-/m1/s1. The summed E-state index contributed by atoms with van der Waals surface area (Å²) in [5.74, 6) is 3.60. The van der Waals surface area contributed by atoms with Gasteiger partial charge in [-0.25, -0.2) is 0 Å². The first-order chi connectivity index (χ1) is 9.72. The van der Waals surface area contributed by atoms with E-state index in [-0.39, 0.29) is 6.10 Å². The minimum absolute atomic E-state index is 0.268. The van der Waals surface area contributed by atoms with E-state index < -0.39 is 0 Å². The van der Waals surface area contributed by atoms with Crippen LogP contribution in [0.15, 0.2) is 36.4 Å². The van der Waals surface area contributed by atoms with Gasteiger partial charge < -0.3 is 4.74 Å². The number of benzene rings is 2. The van der Waals surface area contributed by atoms with Gasteiger partial charge in [0, 0.05) is 5.56 Å². The van der Waals surface area contributed by atoms with Gasteiger partial charge in [0.1, 0.15) is 5.75 Å². The van der Waals surface area contributed by atoms with Crippen molar-refractivity contribution in [2.45, 2.75) is 45.6 Å². The van der Waals surface area contributed by atoms with Crippen LogP contribution >= 0.6 is 0 Å². The van der Waals surface area contributed by atoms with Crippen molar-refractivity contribution < 1.29 is 4.74 Å². The third kappa shape index (κ3) is 3.78. The summed E-state index contributed by atoms with van der Waals surface area (Å²) >= 11 is 0. The Morgan fingerprint density at radius 2 is 1.85 bits per heavy atom. The summed E-state index contributed by atoms with van der Waals surface area (Å²) in [4.78, 5) is 0. The number of rotatable bonds is 6. The van der Waals surface area contributed by atoms with Crippen LogP contribution in [0.25, 0.3) is 10.8 Å². The van der Waals surface area contributed by atoms with E-state index in [1.807, 2.05) is 18.2 Å². The molecule has 1 atom stereocenters. The Bertz CT molecular complexity index is 607. The van der Waals surface area contributed by atoms with Crippen LogP contribution in [0.4, 0.5) is 0 Å². The Morgan fingerprint density at radius 3 is 2.60 bits per heavy atom. The number of fused-ring (bicyclic) bond motifs is 1. The van der Waals surface area contributed by atoms with E-state index in [0.717, 1.165) is 23.1 Å². The first kappa shape index (κ1) is 14.5. The number of ether oxygens (including phenoxy) is 1. The fourth-order valence-electron chi connectivity index (χ4n) is 2.36. The Labute approximate surface area is 122 Å². The summed E-state index contributed by atoms with van der Waals surface area (Å²) in [5, 5.41) is 2.33. The molecule has 0 radical (unpaired) electrons. The molecule has 0 aromatic heterocycles. The van der Waals surface area contributed by atoms with Crippen molar-refractivity contribution in [2.75, 3.05) is 0 Å². The van der Waals surface area contributed by atoms with E-state index in [2.05, 4.69) is 38.0 Å². The van der Waals surface area contributed by atoms with Crippen LogP contribution in [0.3, 0.4) is 0 Å². The van der Waals surface area contributed by atoms with Crippen molar-refractivity contribution in [3.63, 3.8) is 0 Å². The van der Waals surface area contributed by atoms with Crippen molar-refractivity contribution in [3.8, 4) is 18.1 Å². The third-order valence-electron chi connectivity index (χ3n) is 3.53. The second kappa shape index (κ2) is 7.01. The summed E-state index contributed by atoms with van der Waals surface area (Å²) < 4.78 is 5.99. The molecule has 2 aromatic carbocycles. The maximum atomic E-state index is 5.99. The average Bonchev–Trinajstić information content (AvgIpc) is 2.47. The molecule has 0 aliphatic rings. The lowest BCUT2D eigenvalue weighted by molar-refractivity contribution is 0.207. The quantitative estimate of drug-likeness (QED) is 0.518. The Hall–Kier alpha value is -1.94. The monoisotopic (exact) mass is 266 g/mol. The van der Waals surface area contributed by atoms with Crippen molar-refractivity contribution in [2.24, 2.45) is 0 Å². The molecule has 2 rings (SSSR count). The zero-order chi connectivity index (χ0) is 14.4. The molecule has 0 unspecified atom stereocenters. The smallest absolute Gasteiger partial charge is 0.120 e. The van der Waals surface area contributed by atoms with Crippen LogP contribution < -0.4 is 4.74 Å². The molecule has 20 heavy (non-hydrogen) atoms. The van der Waals surface area contributed by atoms with Gasteiger partial charge in [0.15, 0.2) is 0 Å². The van der Waals surface area contributed by atoms with Crippen LogP contribution in [0.1, 0.15) is 45.1 Å². The highest BCUT2D eigenvalue weighted by molar-refractivity contribution is 5.85. The molecule has 0 spiro atoms. The van der Waals surface area contributed by atoms with E-state index in [4.69, 9.17) is 11.2 Å². The van der Waals surface area contributed by atoms with Gasteiger partial charge in [0.2, 0.25) is 0 Å². The summed E-state index contributed by atoms with van der Waals surface area (Å²) in [5.41, 5.74) is 0.916. The van der Waals surface area contributed by atoms with Crippen molar-refractivity contribution >= 4 is 10.8 Å². The van der Waals surface area contributed by atoms with Gasteiger partial charge in [-0.05, 0) is 54.8 Å². The summed E-state index contributed by atoms with van der Waals surface area (Å²) in [7, 11) is 0. The molecule has 0 aliphatic carbocycles. The average molecular weight is 266 g/mol. The topological polar surface area (TPSA) is 9.23 Å². The van der Waals surface area contributed by atoms with Crippen LogP contribution in [0, 0.1) is 12.3 Å². The lowest BCUT2D eigenvalue weighted by Crippen LogP contribution is -2.11. The van der Waals surface area contributed by atoms with Crippen LogP contribution in [-0.2, 0) is 0 Å². The van der Waals surface area contributed by atoms with E-state index in [1.165, 1.54) is 24.6 Å². The number of terminal acetylenes is 1. The molecule has 1 nitrogen and oxygen atoms in total. The lowest BCUT2D eigenvalue weighted by Gasteiger charge is -2.15. The van der Waals surface area contributed by atoms with E-state index in [1.54, 1.807) is 0 Å². The molecule has 2 aromatic rings. The molecule has 0 amide bonds. The highest BCUT2D eigenvalue weighted by Crippen LogP contribution is 2.23. The summed E-state index contributed by atoms with van der Waals surface area (Å²) in [6, 6.07) is 12.2. The van der Waals surface area contributed by atoms with Crippen molar-refractivity contribution in [3.05, 3.63) is 42.0 Å². The molecule has 0 saturated heterocycles. The minimum atomic E-state index is 0.268. The molecule has 0 fully saturated rings. The number of hydrogen-bond donors (Lipinski definition) is 0. The van der Waals surface area contributed by atoms with Crippen LogP contribution in [0.5, 0.6) is 5.75 Å². The van der Waals surface area contributed by atoms with Gasteiger partial charge in [-0.1, -0.05) is 37.8 Å². The highest BCUT2D eigenvalue weighted by atomic mass is 16.5. The third-order valence-corrected chi connectivity index (χ3v) is 3.53. The first-order valence-corrected chi connectivity index (χ1v) is 7.40. The lowest BCUT2D eigenvalue weighted by atomic mass is 10.1. The molecule has 0 N–H and O–H groups in total. The van der Waals surface area contributed by atoms with Crippen LogP contribution in [0.2, 0.25) is 0 Å². The molecular weight excluding hydrogens is 244 g/mol. The fourth-order valence-corrected chi connectivity index (χ4v) is 2.36. The van der Waals surface area contributed by atoms with Crippen LogP contribution in [-0.4, -0.2) is 6.10 Å². The minimum Gasteiger partial charge on any atom is -0.491 e. The molecule has 0 saturated carbocycles. The molecule has 0 heterocycles. The van der Waals surface area contributed by atoms with E-state index in [9.17, 15) is 0 Å². The highest BCUT2D eigenvalue weighted by Gasteiger charge is 2.05. The largest absolute Gasteiger partial charge is 0.491 e. The maximum Gasteiger partial charge on any atom is 0.120 e. The Kier molecular flexibility index (Phi) is 5.07. The predicted molar refractivity (Wildman–Crippen MR) is 86.1 cm³/mol.